The Morgan fingerprint density at radius 3 is 2.80 bits per heavy atom. The summed E-state index contributed by atoms with van der Waals surface area (Å²) < 4.78 is 0. The van der Waals surface area contributed by atoms with E-state index in [2.05, 4.69) is 31.4 Å². The van der Waals surface area contributed by atoms with Gasteiger partial charge in [-0.25, -0.2) is 0 Å². The Hall–Kier alpha value is -0.720. The SMILES string of the molecule is CNC=C(C)CC1C=C1C. The van der Waals surface area contributed by atoms with Gasteiger partial charge in [0.1, 0.15) is 0 Å². The van der Waals surface area contributed by atoms with Crippen LogP contribution in [0, 0.1) is 5.92 Å². The van der Waals surface area contributed by atoms with Crippen molar-refractivity contribution in [3.63, 3.8) is 0 Å². The van der Waals surface area contributed by atoms with Crippen molar-refractivity contribution in [3.8, 4) is 0 Å². The minimum absolute atomic E-state index is 0.782. The van der Waals surface area contributed by atoms with Gasteiger partial charge < -0.3 is 5.32 Å². The van der Waals surface area contributed by atoms with Crippen molar-refractivity contribution in [2.45, 2.75) is 20.3 Å². The van der Waals surface area contributed by atoms with Crippen molar-refractivity contribution in [1.29, 1.82) is 0 Å². The first-order valence-electron chi connectivity index (χ1n) is 3.75. The molecule has 0 bridgehead atoms. The van der Waals surface area contributed by atoms with Crippen molar-refractivity contribution in [2.75, 3.05) is 7.05 Å². The molecule has 0 amide bonds. The summed E-state index contributed by atoms with van der Waals surface area (Å²) in [6.07, 6.45) is 5.58. The summed E-state index contributed by atoms with van der Waals surface area (Å²) in [6, 6.07) is 0. The van der Waals surface area contributed by atoms with Crippen molar-refractivity contribution in [2.24, 2.45) is 5.92 Å². The van der Waals surface area contributed by atoms with E-state index in [-0.39, 0.29) is 0 Å². The first-order valence-corrected chi connectivity index (χ1v) is 3.75. The monoisotopic (exact) mass is 137 g/mol. The largest absolute Gasteiger partial charge is 0.394 e. The minimum atomic E-state index is 0.782. The molecule has 0 heterocycles. The van der Waals surface area contributed by atoms with Gasteiger partial charge in [-0.05, 0) is 26.5 Å². The molecule has 1 atom stereocenters. The van der Waals surface area contributed by atoms with Gasteiger partial charge in [0.15, 0.2) is 0 Å². The van der Waals surface area contributed by atoms with E-state index in [0.29, 0.717) is 0 Å². The average molecular weight is 137 g/mol. The van der Waals surface area contributed by atoms with E-state index < -0.39 is 0 Å². The first kappa shape index (κ1) is 7.39. The number of rotatable bonds is 3. The van der Waals surface area contributed by atoms with Crippen molar-refractivity contribution in [1.82, 2.24) is 5.32 Å². The zero-order valence-corrected chi connectivity index (χ0v) is 6.94. The maximum atomic E-state index is 3.03. The van der Waals surface area contributed by atoms with Crippen molar-refractivity contribution >= 4 is 0 Å². The summed E-state index contributed by atoms with van der Waals surface area (Å²) in [5.74, 6) is 0.782. The molecule has 1 aliphatic carbocycles. The molecule has 1 N–H and O–H groups in total. The number of hydrogen-bond acceptors (Lipinski definition) is 1. The molecule has 1 heteroatoms. The molecule has 1 unspecified atom stereocenters. The van der Waals surface area contributed by atoms with E-state index in [1.165, 1.54) is 12.0 Å². The van der Waals surface area contributed by atoms with Crippen LogP contribution in [-0.4, -0.2) is 7.05 Å². The van der Waals surface area contributed by atoms with Crippen LogP contribution in [0.5, 0.6) is 0 Å². The van der Waals surface area contributed by atoms with E-state index in [1.807, 2.05) is 7.05 Å². The standard InChI is InChI=1S/C9H15N/c1-7(6-10-3)4-9-5-8(9)2/h5-6,9-10H,4H2,1-3H3. The van der Waals surface area contributed by atoms with Crippen LogP contribution in [0.1, 0.15) is 20.3 Å². The summed E-state index contributed by atoms with van der Waals surface area (Å²) in [4.78, 5) is 0. The molecule has 0 saturated heterocycles. The molecule has 1 rings (SSSR count). The topological polar surface area (TPSA) is 12.0 Å². The van der Waals surface area contributed by atoms with Gasteiger partial charge in [0.05, 0.1) is 0 Å². The van der Waals surface area contributed by atoms with Crippen LogP contribution < -0.4 is 5.32 Å². The highest BCUT2D eigenvalue weighted by molar-refractivity contribution is 5.29. The van der Waals surface area contributed by atoms with Crippen LogP contribution in [0.2, 0.25) is 0 Å². The second-order valence-corrected chi connectivity index (χ2v) is 3.00. The quantitative estimate of drug-likeness (QED) is 0.587. The third kappa shape index (κ3) is 1.90. The lowest BCUT2D eigenvalue weighted by Gasteiger charge is -1.98. The maximum Gasteiger partial charge on any atom is 0.00276 e. The third-order valence-electron chi connectivity index (χ3n) is 1.87. The van der Waals surface area contributed by atoms with Gasteiger partial charge in [0.2, 0.25) is 0 Å². The van der Waals surface area contributed by atoms with Crippen LogP contribution in [0.15, 0.2) is 23.4 Å². The lowest BCUT2D eigenvalue weighted by Crippen LogP contribution is -1.95. The molecule has 0 saturated carbocycles. The summed E-state index contributed by atoms with van der Waals surface area (Å²) in [6.45, 7) is 4.35. The lowest BCUT2D eigenvalue weighted by atomic mass is 10.1. The fourth-order valence-electron chi connectivity index (χ4n) is 1.14. The molecule has 0 fully saturated rings. The molecule has 0 spiro atoms. The summed E-state index contributed by atoms with van der Waals surface area (Å²) >= 11 is 0. The molecular weight excluding hydrogens is 122 g/mol. The van der Waals surface area contributed by atoms with Crippen LogP contribution >= 0.6 is 0 Å². The Bertz CT molecular complexity index is 177. The van der Waals surface area contributed by atoms with Crippen LogP contribution in [0.25, 0.3) is 0 Å². The van der Waals surface area contributed by atoms with Gasteiger partial charge in [0, 0.05) is 13.0 Å². The molecule has 1 nitrogen and oxygen atoms in total. The summed E-state index contributed by atoms with van der Waals surface area (Å²) in [5.41, 5.74) is 2.98. The molecule has 0 radical (unpaired) electrons. The molecule has 0 aliphatic heterocycles. The molecule has 1 aliphatic rings. The molecule has 56 valence electrons. The Kier molecular flexibility index (Phi) is 2.15. The number of hydrogen-bond donors (Lipinski definition) is 1. The van der Waals surface area contributed by atoms with Gasteiger partial charge in [-0.3, -0.25) is 0 Å². The fourth-order valence-corrected chi connectivity index (χ4v) is 1.14. The summed E-state index contributed by atoms with van der Waals surface area (Å²) in [7, 11) is 1.94. The molecule has 10 heavy (non-hydrogen) atoms. The van der Waals surface area contributed by atoms with Crippen LogP contribution in [-0.2, 0) is 0 Å². The molecule has 0 aromatic heterocycles. The van der Waals surface area contributed by atoms with E-state index in [1.54, 1.807) is 5.57 Å². The number of nitrogens with one attached hydrogen (secondary N) is 1. The van der Waals surface area contributed by atoms with E-state index in [0.717, 1.165) is 5.92 Å². The predicted octanol–water partition coefficient (Wildman–Crippen LogP) is 2.08. The highest BCUT2D eigenvalue weighted by Crippen LogP contribution is 2.33. The zero-order chi connectivity index (χ0) is 7.56. The van der Waals surface area contributed by atoms with E-state index >= 15 is 0 Å². The molecule has 0 aromatic rings. The highest BCUT2D eigenvalue weighted by Gasteiger charge is 2.19. The maximum absolute atomic E-state index is 3.03. The second-order valence-electron chi connectivity index (χ2n) is 3.00. The van der Waals surface area contributed by atoms with Gasteiger partial charge >= 0.3 is 0 Å². The summed E-state index contributed by atoms with van der Waals surface area (Å²) in [5, 5.41) is 3.03. The van der Waals surface area contributed by atoms with Crippen LogP contribution in [0.3, 0.4) is 0 Å². The minimum Gasteiger partial charge on any atom is -0.394 e. The first-order chi connectivity index (χ1) is 4.74. The number of allylic oxidation sites excluding steroid dienone is 3. The Labute approximate surface area is 62.8 Å². The fraction of sp³-hybridized carbons (Fsp3) is 0.556. The smallest absolute Gasteiger partial charge is 0.00276 e. The van der Waals surface area contributed by atoms with Gasteiger partial charge in [-0.15, -0.1) is 0 Å². The molecule has 0 aromatic carbocycles. The van der Waals surface area contributed by atoms with Gasteiger partial charge in [-0.1, -0.05) is 17.2 Å². The molecular formula is C9H15N. The Morgan fingerprint density at radius 1 is 1.80 bits per heavy atom. The van der Waals surface area contributed by atoms with E-state index in [9.17, 15) is 0 Å². The average Bonchev–Trinajstić information content (AvgIpc) is 2.47. The lowest BCUT2D eigenvalue weighted by molar-refractivity contribution is 0.844. The van der Waals surface area contributed by atoms with Crippen molar-refractivity contribution in [3.05, 3.63) is 23.4 Å². The van der Waals surface area contributed by atoms with Gasteiger partial charge in [0.25, 0.3) is 0 Å². The Morgan fingerprint density at radius 2 is 2.40 bits per heavy atom. The second kappa shape index (κ2) is 2.91. The predicted molar refractivity (Wildman–Crippen MR) is 44.7 cm³/mol. The van der Waals surface area contributed by atoms with Crippen molar-refractivity contribution < 1.29 is 0 Å². The Balaban J connectivity index is 2.20. The van der Waals surface area contributed by atoms with Gasteiger partial charge in [-0.2, -0.15) is 0 Å². The third-order valence-corrected chi connectivity index (χ3v) is 1.87. The normalized spacial score (nSPS) is 24.1. The van der Waals surface area contributed by atoms with E-state index in [4.69, 9.17) is 0 Å². The zero-order valence-electron chi connectivity index (χ0n) is 6.94. The van der Waals surface area contributed by atoms with Crippen LogP contribution in [0.4, 0.5) is 0 Å². The highest BCUT2D eigenvalue weighted by atomic mass is 14.8.